The summed E-state index contributed by atoms with van der Waals surface area (Å²) in [6.45, 7) is 0. The standard InChI is InChI=1S/C53H37N5S/c1-5-17-34(18-6-1)44-33-45(55-50(54-44)35-19-7-2-8-20-35)41-30-29-40(38-25-13-14-26-39(38)41)42-31-32-47-48(43-27-15-16-28-46(43)59-47)49(42)53-57-51(36-21-9-3-10-22-36)56-52(58-53)37-23-11-4-12-24-37/h1-33,50-51,55H,(H,56,57,58). The molecule has 0 radical (unpaired) electrons. The SMILES string of the molecule is C1=C(c2ccc(-c3ccc4sc5ccccc5c4c3C3=NC(c4ccccc4)=NC(c4ccccc4)N3)c3ccccc23)NC(c2ccccc2)N=C1c1ccccc1. The van der Waals surface area contributed by atoms with Gasteiger partial charge in [-0.15, -0.1) is 11.3 Å². The fourth-order valence-corrected chi connectivity index (χ4v) is 9.52. The van der Waals surface area contributed by atoms with E-state index in [1.54, 1.807) is 0 Å². The molecule has 6 heteroatoms. The number of nitrogens with zero attached hydrogens (tertiary/aromatic N) is 3. The largest absolute Gasteiger partial charge is 0.359 e. The molecule has 2 unspecified atom stereocenters. The third-order valence-corrected chi connectivity index (χ3v) is 12.3. The highest BCUT2D eigenvalue weighted by atomic mass is 32.1. The van der Waals surface area contributed by atoms with Crippen LogP contribution in [0, 0.1) is 0 Å². The van der Waals surface area contributed by atoms with E-state index >= 15 is 0 Å². The monoisotopic (exact) mass is 775 g/mol. The van der Waals surface area contributed by atoms with Crippen LogP contribution in [0.15, 0.2) is 215 Å². The van der Waals surface area contributed by atoms with Crippen LogP contribution in [-0.2, 0) is 0 Å². The summed E-state index contributed by atoms with van der Waals surface area (Å²) in [6.07, 6.45) is 1.63. The Bertz CT molecular complexity index is 3150. The molecule has 11 rings (SSSR count). The number of nitrogens with one attached hydrogen (secondary N) is 2. The van der Waals surface area contributed by atoms with Crippen molar-refractivity contribution in [2.45, 2.75) is 12.3 Å². The maximum atomic E-state index is 5.39. The van der Waals surface area contributed by atoms with Gasteiger partial charge in [-0.2, -0.15) is 0 Å². The number of benzene rings is 8. The van der Waals surface area contributed by atoms with Gasteiger partial charge in [-0.3, -0.25) is 4.99 Å². The van der Waals surface area contributed by atoms with Crippen LogP contribution in [0.25, 0.3) is 47.8 Å². The highest BCUT2D eigenvalue weighted by Gasteiger charge is 2.27. The first kappa shape index (κ1) is 34.8. The second-order valence-electron chi connectivity index (χ2n) is 14.8. The summed E-state index contributed by atoms with van der Waals surface area (Å²) in [7, 11) is 0. The zero-order chi connectivity index (χ0) is 39.1. The van der Waals surface area contributed by atoms with Gasteiger partial charge in [0.25, 0.3) is 0 Å². The van der Waals surface area contributed by atoms with E-state index in [4.69, 9.17) is 15.0 Å². The molecular formula is C53H37N5S. The predicted molar refractivity (Wildman–Crippen MR) is 247 cm³/mol. The fraction of sp³-hybridized carbons (Fsp3) is 0.0377. The van der Waals surface area contributed by atoms with Crippen LogP contribution in [0.5, 0.6) is 0 Å². The van der Waals surface area contributed by atoms with Crippen molar-refractivity contribution in [3.05, 3.63) is 234 Å². The first-order valence-electron chi connectivity index (χ1n) is 19.9. The van der Waals surface area contributed by atoms with Gasteiger partial charge < -0.3 is 10.6 Å². The highest BCUT2D eigenvalue weighted by Crippen LogP contribution is 2.43. The van der Waals surface area contributed by atoms with Crippen LogP contribution in [0.4, 0.5) is 0 Å². The Morgan fingerprint density at radius 3 is 1.66 bits per heavy atom. The number of fused-ring (bicyclic) bond motifs is 4. The van der Waals surface area contributed by atoms with Crippen LogP contribution >= 0.6 is 11.3 Å². The number of hydrogen-bond donors (Lipinski definition) is 2. The Labute approximate surface area is 346 Å². The minimum Gasteiger partial charge on any atom is -0.359 e. The van der Waals surface area contributed by atoms with E-state index in [1.165, 1.54) is 20.2 Å². The van der Waals surface area contributed by atoms with Crippen molar-refractivity contribution < 1.29 is 0 Å². The van der Waals surface area contributed by atoms with Gasteiger partial charge in [0.2, 0.25) is 0 Å². The average molecular weight is 776 g/mol. The topological polar surface area (TPSA) is 61.1 Å². The summed E-state index contributed by atoms with van der Waals surface area (Å²) >= 11 is 1.82. The van der Waals surface area contributed by atoms with Gasteiger partial charge in [-0.25, -0.2) is 9.98 Å². The zero-order valence-corrected chi connectivity index (χ0v) is 32.8. The molecule has 2 aliphatic rings. The van der Waals surface area contributed by atoms with Gasteiger partial charge in [0, 0.05) is 42.6 Å². The molecule has 8 aromatic carbocycles. The van der Waals surface area contributed by atoms with Crippen LogP contribution in [0.2, 0.25) is 0 Å². The molecular weight excluding hydrogens is 739 g/mol. The molecule has 0 amide bonds. The van der Waals surface area contributed by atoms with Crippen LogP contribution < -0.4 is 10.6 Å². The molecule has 2 N–H and O–H groups in total. The Hall–Kier alpha value is -7.41. The molecule has 0 spiro atoms. The smallest absolute Gasteiger partial charge is 0.159 e. The summed E-state index contributed by atoms with van der Waals surface area (Å²) in [6, 6.07) is 68.3. The van der Waals surface area contributed by atoms with Crippen LogP contribution in [0.3, 0.4) is 0 Å². The van der Waals surface area contributed by atoms with Crippen molar-refractivity contribution >= 4 is 65.4 Å². The highest BCUT2D eigenvalue weighted by molar-refractivity contribution is 7.25. The number of hydrogen-bond acceptors (Lipinski definition) is 6. The van der Waals surface area contributed by atoms with Gasteiger partial charge >= 0.3 is 0 Å². The maximum Gasteiger partial charge on any atom is 0.159 e. The van der Waals surface area contributed by atoms with Gasteiger partial charge in [0.1, 0.15) is 18.2 Å². The van der Waals surface area contributed by atoms with Gasteiger partial charge in [0.15, 0.2) is 5.84 Å². The van der Waals surface area contributed by atoms with Crippen molar-refractivity contribution in [3.8, 4) is 11.1 Å². The molecule has 280 valence electrons. The molecule has 59 heavy (non-hydrogen) atoms. The van der Waals surface area contributed by atoms with E-state index in [9.17, 15) is 0 Å². The molecule has 0 saturated heterocycles. The molecule has 5 nitrogen and oxygen atoms in total. The number of rotatable bonds is 7. The lowest BCUT2D eigenvalue weighted by Crippen LogP contribution is -2.34. The molecule has 2 aliphatic heterocycles. The Morgan fingerprint density at radius 2 is 0.966 bits per heavy atom. The molecule has 3 heterocycles. The summed E-state index contributed by atoms with van der Waals surface area (Å²) in [5, 5.41) is 12.4. The van der Waals surface area contributed by atoms with Crippen molar-refractivity contribution in [1.29, 1.82) is 0 Å². The van der Waals surface area contributed by atoms with Crippen molar-refractivity contribution in [3.63, 3.8) is 0 Å². The lowest BCUT2D eigenvalue weighted by Gasteiger charge is -2.27. The van der Waals surface area contributed by atoms with Gasteiger partial charge in [0.05, 0.1) is 5.71 Å². The zero-order valence-electron chi connectivity index (χ0n) is 32.0. The molecule has 0 fully saturated rings. The third kappa shape index (κ3) is 6.40. The Kier molecular flexibility index (Phi) is 8.75. The van der Waals surface area contributed by atoms with Crippen molar-refractivity contribution in [1.82, 2.24) is 10.6 Å². The summed E-state index contributed by atoms with van der Waals surface area (Å²) < 4.78 is 2.46. The van der Waals surface area contributed by atoms with E-state index in [0.717, 1.165) is 72.5 Å². The number of thiophene rings is 1. The summed E-state index contributed by atoms with van der Waals surface area (Å²) in [5.41, 5.74) is 10.7. The molecule has 0 saturated carbocycles. The Balaban J connectivity index is 1.12. The van der Waals surface area contributed by atoms with Gasteiger partial charge in [-0.1, -0.05) is 182 Å². The number of amidine groups is 2. The third-order valence-electron chi connectivity index (χ3n) is 11.2. The lowest BCUT2D eigenvalue weighted by atomic mass is 9.88. The van der Waals surface area contributed by atoms with E-state index in [2.05, 4.69) is 174 Å². The fourth-order valence-electron chi connectivity index (χ4n) is 8.40. The second kappa shape index (κ2) is 14.8. The Morgan fingerprint density at radius 1 is 0.424 bits per heavy atom. The maximum absolute atomic E-state index is 5.39. The molecule has 0 aliphatic carbocycles. The molecule has 0 bridgehead atoms. The number of allylic oxidation sites excluding steroid dienone is 1. The van der Waals surface area contributed by atoms with E-state index < -0.39 is 0 Å². The van der Waals surface area contributed by atoms with E-state index in [0.29, 0.717) is 5.84 Å². The molecule has 9 aromatic rings. The van der Waals surface area contributed by atoms with Gasteiger partial charge in [-0.05, 0) is 56.8 Å². The van der Waals surface area contributed by atoms with Crippen LogP contribution in [-0.4, -0.2) is 17.4 Å². The van der Waals surface area contributed by atoms with Crippen LogP contribution in [0.1, 0.15) is 45.7 Å². The number of aliphatic imine (C=N–C) groups is 3. The summed E-state index contributed by atoms with van der Waals surface area (Å²) in [5.74, 6) is 1.51. The predicted octanol–water partition coefficient (Wildman–Crippen LogP) is 12.5. The molecule has 2 atom stereocenters. The minimum absolute atomic E-state index is 0.237. The van der Waals surface area contributed by atoms with Crippen molar-refractivity contribution in [2.24, 2.45) is 15.0 Å². The second-order valence-corrected chi connectivity index (χ2v) is 15.9. The quantitative estimate of drug-likeness (QED) is 0.169. The van der Waals surface area contributed by atoms with E-state index in [1.807, 2.05) is 47.7 Å². The summed E-state index contributed by atoms with van der Waals surface area (Å²) in [4.78, 5) is 15.8. The first-order valence-corrected chi connectivity index (χ1v) is 20.7. The van der Waals surface area contributed by atoms with Crippen molar-refractivity contribution in [2.75, 3.05) is 0 Å². The molecule has 1 aromatic heterocycles. The normalized spacial score (nSPS) is 16.5. The first-order chi connectivity index (χ1) is 29.2. The minimum atomic E-state index is -0.326. The van der Waals surface area contributed by atoms with E-state index in [-0.39, 0.29) is 12.3 Å². The average Bonchev–Trinajstić information content (AvgIpc) is 3.70. The lowest BCUT2D eigenvalue weighted by molar-refractivity contribution is 0.664.